The highest BCUT2D eigenvalue weighted by Gasteiger charge is 2.18. The molecular weight excluding hydrogens is 1040 g/mol. The van der Waals surface area contributed by atoms with Crippen LogP contribution in [-0.2, 0) is 14.3 Å². The van der Waals surface area contributed by atoms with Crippen LogP contribution in [0.4, 0.5) is 0 Å². The molecule has 0 rings (SSSR count). The Kier molecular flexibility index (Phi) is 71.9. The summed E-state index contributed by atoms with van der Waals surface area (Å²) < 4.78 is 5.48. The van der Waals surface area contributed by atoms with Crippen molar-refractivity contribution in [3.05, 3.63) is 60.8 Å². The van der Waals surface area contributed by atoms with Crippen molar-refractivity contribution in [3.8, 4) is 0 Å². The first kappa shape index (κ1) is 82.6. The van der Waals surface area contributed by atoms with Crippen LogP contribution in [0.3, 0.4) is 0 Å². The van der Waals surface area contributed by atoms with E-state index in [1.54, 1.807) is 6.08 Å². The second kappa shape index (κ2) is 74.0. The van der Waals surface area contributed by atoms with Gasteiger partial charge >= 0.3 is 5.97 Å². The van der Waals surface area contributed by atoms with E-state index in [0.29, 0.717) is 19.4 Å². The Balaban J connectivity index is 3.43. The van der Waals surface area contributed by atoms with Gasteiger partial charge in [-0.3, -0.25) is 9.59 Å². The molecule has 0 radical (unpaired) electrons. The summed E-state index contributed by atoms with van der Waals surface area (Å²) in [5.74, 6) is -0.0650. The number of hydrogen-bond donors (Lipinski definition) is 3. The number of rotatable bonds is 71. The van der Waals surface area contributed by atoms with E-state index < -0.39 is 12.1 Å². The van der Waals surface area contributed by atoms with Crippen LogP contribution in [0.1, 0.15) is 406 Å². The van der Waals surface area contributed by atoms with E-state index in [9.17, 15) is 19.8 Å². The average Bonchev–Trinajstić information content (AvgIpc) is 3.51. The van der Waals surface area contributed by atoms with Gasteiger partial charge in [-0.25, -0.2) is 0 Å². The minimum atomic E-state index is -0.846. The zero-order valence-corrected chi connectivity index (χ0v) is 57.1. The van der Waals surface area contributed by atoms with Gasteiger partial charge < -0.3 is 20.3 Å². The lowest BCUT2D eigenvalue weighted by Gasteiger charge is -2.20. The Bertz CT molecular complexity index is 1470. The molecule has 85 heavy (non-hydrogen) atoms. The third-order valence-electron chi connectivity index (χ3n) is 17.5. The largest absolute Gasteiger partial charge is 0.466 e. The Hall–Kier alpha value is -2.44. The molecule has 0 aromatic carbocycles. The van der Waals surface area contributed by atoms with Crippen molar-refractivity contribution in [3.63, 3.8) is 0 Å². The molecule has 0 aliphatic carbocycles. The van der Waals surface area contributed by atoms with Crippen LogP contribution < -0.4 is 5.32 Å². The molecule has 0 fully saturated rings. The maximum absolute atomic E-state index is 12.5. The fourth-order valence-electron chi connectivity index (χ4n) is 11.7. The molecule has 2 unspecified atom stereocenters. The molecule has 0 saturated heterocycles. The Morgan fingerprint density at radius 2 is 0.588 bits per heavy atom. The van der Waals surface area contributed by atoms with Crippen LogP contribution in [0, 0.1) is 0 Å². The number of esters is 1. The summed E-state index contributed by atoms with van der Waals surface area (Å²) in [5.41, 5.74) is 0. The molecule has 0 aromatic rings. The van der Waals surface area contributed by atoms with Crippen molar-refractivity contribution in [2.45, 2.75) is 418 Å². The standard InChI is InChI=1S/C79H147NO5/c1-3-5-7-9-11-13-15-17-19-20-21-22-34-37-40-44-47-51-55-59-63-67-71-77(82)76(75-81)80-78(83)72-68-64-60-56-52-48-45-41-38-35-32-30-28-26-24-23-25-27-29-31-33-36-39-42-46-50-54-58-62-66-70-74-85-79(84)73-69-65-61-57-53-49-43-18-16-14-12-10-8-6-4-2/h12,14,18,25,27,31,33,43,67,71,76-77,81-82H,3-11,13,15-17,19-24,26,28-30,32,34-42,44-66,68-70,72-75H2,1-2H3,(H,80,83)/b14-12-,27-25-,33-31-,43-18-,71-67+. The summed E-state index contributed by atoms with van der Waals surface area (Å²) in [6.45, 7) is 4.90. The monoisotopic (exact) mass is 1190 g/mol. The average molecular weight is 1190 g/mol. The number of allylic oxidation sites excluding steroid dienone is 9. The molecule has 0 aliphatic heterocycles. The molecule has 0 aliphatic rings. The summed E-state index contributed by atoms with van der Waals surface area (Å²) in [6, 6.07) is -0.630. The molecule has 6 heteroatoms. The van der Waals surface area contributed by atoms with Gasteiger partial charge in [0.1, 0.15) is 0 Å². The lowest BCUT2D eigenvalue weighted by Crippen LogP contribution is -2.45. The normalized spacial score (nSPS) is 12.8. The molecule has 2 atom stereocenters. The van der Waals surface area contributed by atoms with E-state index in [1.807, 2.05) is 6.08 Å². The highest BCUT2D eigenvalue weighted by Crippen LogP contribution is 2.19. The smallest absolute Gasteiger partial charge is 0.305 e. The summed E-state index contributed by atoms with van der Waals surface area (Å²) in [6.07, 6.45) is 98.9. The molecule has 6 nitrogen and oxygen atoms in total. The van der Waals surface area contributed by atoms with Crippen LogP contribution in [0.5, 0.6) is 0 Å². The number of carbonyl (C=O) groups excluding carboxylic acids is 2. The van der Waals surface area contributed by atoms with Crippen LogP contribution >= 0.6 is 0 Å². The second-order valence-corrected chi connectivity index (χ2v) is 26.0. The number of nitrogens with one attached hydrogen (secondary N) is 1. The van der Waals surface area contributed by atoms with Crippen LogP contribution in [-0.4, -0.2) is 47.4 Å². The van der Waals surface area contributed by atoms with E-state index in [1.165, 1.54) is 321 Å². The van der Waals surface area contributed by atoms with Crippen LogP contribution in [0.2, 0.25) is 0 Å². The van der Waals surface area contributed by atoms with Gasteiger partial charge in [-0.1, -0.05) is 357 Å². The number of unbranched alkanes of at least 4 members (excludes halogenated alkanes) is 52. The summed E-state index contributed by atoms with van der Waals surface area (Å²) in [7, 11) is 0. The summed E-state index contributed by atoms with van der Waals surface area (Å²) in [5, 5.41) is 23.3. The highest BCUT2D eigenvalue weighted by molar-refractivity contribution is 5.76. The minimum Gasteiger partial charge on any atom is -0.466 e. The number of aliphatic hydroxyl groups excluding tert-OH is 2. The molecule has 1 amide bonds. The first-order valence-corrected chi connectivity index (χ1v) is 38.1. The third-order valence-corrected chi connectivity index (χ3v) is 17.5. The quantitative estimate of drug-likeness (QED) is 0.0320. The van der Waals surface area contributed by atoms with Gasteiger partial charge in [-0.05, 0) is 96.3 Å². The summed E-state index contributed by atoms with van der Waals surface area (Å²) in [4.78, 5) is 24.6. The maximum Gasteiger partial charge on any atom is 0.305 e. The van der Waals surface area contributed by atoms with Crippen molar-refractivity contribution >= 4 is 11.9 Å². The number of hydrogen-bond acceptors (Lipinski definition) is 5. The zero-order chi connectivity index (χ0) is 61.3. The zero-order valence-electron chi connectivity index (χ0n) is 57.1. The number of amides is 1. The first-order chi connectivity index (χ1) is 42.0. The molecule has 3 N–H and O–H groups in total. The van der Waals surface area contributed by atoms with Gasteiger partial charge in [0.25, 0.3) is 0 Å². The van der Waals surface area contributed by atoms with Crippen molar-refractivity contribution in [1.82, 2.24) is 5.32 Å². The predicted molar refractivity (Wildman–Crippen MR) is 375 cm³/mol. The van der Waals surface area contributed by atoms with Gasteiger partial charge in [0.2, 0.25) is 5.91 Å². The lowest BCUT2D eigenvalue weighted by atomic mass is 10.0. The van der Waals surface area contributed by atoms with E-state index in [2.05, 4.69) is 67.8 Å². The molecule has 498 valence electrons. The molecule has 0 heterocycles. The summed E-state index contributed by atoms with van der Waals surface area (Å²) >= 11 is 0. The second-order valence-electron chi connectivity index (χ2n) is 26.0. The fraction of sp³-hybridized carbons (Fsp3) is 0.848. The number of aliphatic hydroxyl groups is 2. The van der Waals surface area contributed by atoms with Gasteiger partial charge in [0.15, 0.2) is 0 Å². The lowest BCUT2D eigenvalue weighted by molar-refractivity contribution is -0.143. The maximum atomic E-state index is 12.5. The Morgan fingerprint density at radius 3 is 0.918 bits per heavy atom. The third kappa shape index (κ3) is 70.5. The predicted octanol–water partition coefficient (Wildman–Crippen LogP) is 25.0. The van der Waals surface area contributed by atoms with Crippen molar-refractivity contribution < 1.29 is 24.5 Å². The minimum absolute atomic E-state index is 0.00109. The molecule has 0 bridgehead atoms. The molecular formula is C79H147NO5. The van der Waals surface area contributed by atoms with Crippen molar-refractivity contribution in [2.24, 2.45) is 0 Å². The van der Waals surface area contributed by atoms with E-state index in [4.69, 9.17) is 4.74 Å². The molecule has 0 spiro atoms. The van der Waals surface area contributed by atoms with Crippen LogP contribution in [0.15, 0.2) is 60.8 Å². The van der Waals surface area contributed by atoms with Gasteiger partial charge in [-0.15, -0.1) is 0 Å². The molecule has 0 saturated carbocycles. The first-order valence-electron chi connectivity index (χ1n) is 38.1. The Labute approximate surface area is 530 Å². The van der Waals surface area contributed by atoms with Gasteiger partial charge in [-0.2, -0.15) is 0 Å². The highest BCUT2D eigenvalue weighted by atomic mass is 16.5. The van der Waals surface area contributed by atoms with Gasteiger partial charge in [0.05, 0.1) is 25.4 Å². The van der Waals surface area contributed by atoms with E-state index in [-0.39, 0.29) is 18.5 Å². The topological polar surface area (TPSA) is 95.9 Å². The van der Waals surface area contributed by atoms with E-state index >= 15 is 0 Å². The fourth-order valence-corrected chi connectivity index (χ4v) is 11.7. The number of ether oxygens (including phenoxy) is 1. The van der Waals surface area contributed by atoms with Crippen molar-refractivity contribution in [2.75, 3.05) is 13.2 Å². The molecule has 0 aromatic heterocycles. The Morgan fingerprint density at radius 1 is 0.329 bits per heavy atom. The van der Waals surface area contributed by atoms with E-state index in [0.717, 1.165) is 57.8 Å². The van der Waals surface area contributed by atoms with Gasteiger partial charge in [0, 0.05) is 12.8 Å². The number of carbonyl (C=O) groups is 2. The SMILES string of the molecule is CCCCC/C=C\C/C=C\CCCCCCCC(=O)OCCCCCCCCCCC/C=C\C/C=C\CCCCCCCCCCCCCCCCCC(=O)NC(CO)C(O)/C=C/CCCCCCCCCCCCCCCCCCCCCC. The van der Waals surface area contributed by atoms with Crippen molar-refractivity contribution in [1.29, 1.82) is 0 Å². The van der Waals surface area contributed by atoms with Crippen LogP contribution in [0.25, 0.3) is 0 Å².